The minimum absolute atomic E-state index is 0.129. The maximum Gasteiger partial charge on any atom is 0.257 e. The van der Waals surface area contributed by atoms with E-state index in [0.717, 1.165) is 24.2 Å². The summed E-state index contributed by atoms with van der Waals surface area (Å²) in [7, 11) is -2.05. The van der Waals surface area contributed by atoms with Crippen LogP contribution in [-0.2, 0) is 10.0 Å². The Labute approximate surface area is 197 Å². The Bertz CT molecular complexity index is 1250. The molecule has 0 spiro atoms. The van der Waals surface area contributed by atoms with Crippen LogP contribution in [0, 0.1) is 12.8 Å². The van der Waals surface area contributed by atoms with Crippen LogP contribution in [0.15, 0.2) is 47.4 Å². The number of ether oxygens (including phenoxy) is 1. The number of sulfonamides is 1. The maximum absolute atomic E-state index is 13.1. The summed E-state index contributed by atoms with van der Waals surface area (Å²) in [5, 5.41) is 11.9. The number of nitrogens with zero attached hydrogens (tertiary/aromatic N) is 3. The van der Waals surface area contributed by atoms with Gasteiger partial charge in [-0.2, -0.15) is 4.31 Å². The normalized spacial score (nSPS) is 15.4. The maximum atomic E-state index is 13.1. The molecule has 0 unspecified atom stereocenters. The Hall–Kier alpha value is -2.82. The smallest absolute Gasteiger partial charge is 0.257 e. The van der Waals surface area contributed by atoms with Crippen LogP contribution < -0.4 is 10.1 Å². The third-order valence-corrected chi connectivity index (χ3v) is 8.60. The molecule has 33 heavy (non-hydrogen) atoms. The predicted molar refractivity (Wildman–Crippen MR) is 128 cm³/mol. The van der Waals surface area contributed by atoms with Gasteiger partial charge in [-0.05, 0) is 67.6 Å². The first-order valence-electron chi connectivity index (χ1n) is 10.7. The molecule has 1 aliphatic rings. The summed E-state index contributed by atoms with van der Waals surface area (Å²) < 4.78 is 32.9. The second-order valence-corrected chi connectivity index (χ2v) is 11.1. The fourth-order valence-electron chi connectivity index (χ4n) is 3.67. The number of aryl methyl sites for hydroxylation is 1. The number of hydrogen-bond donors (Lipinski definition) is 1. The van der Waals surface area contributed by atoms with Gasteiger partial charge in [-0.15, -0.1) is 10.2 Å². The van der Waals surface area contributed by atoms with Crippen molar-refractivity contribution in [3.63, 3.8) is 0 Å². The number of piperidine rings is 1. The average Bonchev–Trinajstić information content (AvgIpc) is 3.28. The second-order valence-electron chi connectivity index (χ2n) is 8.16. The highest BCUT2D eigenvalue weighted by molar-refractivity contribution is 7.89. The third kappa shape index (κ3) is 5.07. The van der Waals surface area contributed by atoms with Gasteiger partial charge in [0.1, 0.15) is 10.8 Å². The van der Waals surface area contributed by atoms with Gasteiger partial charge >= 0.3 is 0 Å². The topological polar surface area (TPSA) is 101 Å². The Balaban J connectivity index is 1.52. The molecule has 174 valence electrons. The van der Waals surface area contributed by atoms with Gasteiger partial charge in [0, 0.05) is 24.2 Å². The van der Waals surface area contributed by atoms with Gasteiger partial charge < -0.3 is 4.74 Å². The van der Waals surface area contributed by atoms with Crippen molar-refractivity contribution in [3.8, 4) is 16.3 Å². The Morgan fingerprint density at radius 2 is 1.82 bits per heavy atom. The van der Waals surface area contributed by atoms with E-state index in [1.54, 1.807) is 26.2 Å². The largest absolute Gasteiger partial charge is 0.497 e. The SMILES string of the molecule is COc1ccc(-c2nnc(NC(=O)c3cc(S(=O)(=O)N4CCC(C)CC4)ccc3C)s2)cc1. The lowest BCUT2D eigenvalue weighted by Gasteiger charge is -2.29. The van der Waals surface area contributed by atoms with E-state index >= 15 is 0 Å². The van der Waals surface area contributed by atoms with E-state index in [-0.39, 0.29) is 4.90 Å². The van der Waals surface area contributed by atoms with Crippen molar-refractivity contribution in [2.24, 2.45) is 5.92 Å². The summed E-state index contributed by atoms with van der Waals surface area (Å²) in [6.45, 7) is 4.90. The molecule has 2 heterocycles. The lowest BCUT2D eigenvalue weighted by molar-refractivity contribution is 0.102. The van der Waals surface area contributed by atoms with E-state index in [9.17, 15) is 13.2 Å². The summed E-state index contributed by atoms with van der Waals surface area (Å²) in [5.41, 5.74) is 1.83. The van der Waals surface area contributed by atoms with Crippen molar-refractivity contribution in [2.45, 2.75) is 31.6 Å². The Morgan fingerprint density at radius 1 is 1.12 bits per heavy atom. The monoisotopic (exact) mass is 486 g/mol. The van der Waals surface area contributed by atoms with Crippen LogP contribution in [-0.4, -0.2) is 49.0 Å². The highest BCUT2D eigenvalue weighted by Crippen LogP contribution is 2.29. The molecule has 2 aromatic carbocycles. The molecule has 1 aromatic heterocycles. The number of anilines is 1. The standard InChI is InChI=1S/C23H26N4O4S2/c1-15-10-12-27(13-11-15)33(29,30)19-9-4-16(2)20(14-19)21(28)24-23-26-25-22(32-23)17-5-7-18(31-3)8-6-17/h4-9,14-15H,10-13H2,1-3H3,(H,24,26,28). The summed E-state index contributed by atoms with van der Waals surface area (Å²) >= 11 is 1.24. The van der Waals surface area contributed by atoms with Crippen LogP contribution in [0.4, 0.5) is 5.13 Å². The lowest BCUT2D eigenvalue weighted by atomic mass is 10.0. The minimum Gasteiger partial charge on any atom is -0.497 e. The molecule has 0 saturated carbocycles. The molecule has 0 bridgehead atoms. The van der Waals surface area contributed by atoms with Crippen LogP contribution in [0.25, 0.3) is 10.6 Å². The zero-order valence-corrected chi connectivity index (χ0v) is 20.4. The molecule has 1 saturated heterocycles. The molecule has 0 radical (unpaired) electrons. The number of rotatable bonds is 6. The van der Waals surface area contributed by atoms with E-state index in [1.807, 2.05) is 24.3 Å². The molecule has 1 N–H and O–H groups in total. The van der Waals surface area contributed by atoms with Crippen LogP contribution in [0.1, 0.15) is 35.7 Å². The Morgan fingerprint density at radius 3 is 2.48 bits per heavy atom. The molecule has 1 fully saturated rings. The number of benzene rings is 2. The second kappa shape index (κ2) is 9.58. The number of carbonyl (C=O) groups excluding carboxylic acids is 1. The van der Waals surface area contributed by atoms with Gasteiger partial charge in [0.25, 0.3) is 5.91 Å². The summed E-state index contributed by atoms with van der Waals surface area (Å²) in [6.07, 6.45) is 1.68. The molecule has 0 aliphatic carbocycles. The quantitative estimate of drug-likeness (QED) is 0.560. The highest BCUT2D eigenvalue weighted by Gasteiger charge is 2.29. The molecule has 3 aromatic rings. The van der Waals surface area contributed by atoms with Crippen molar-refractivity contribution < 1.29 is 17.9 Å². The van der Waals surface area contributed by atoms with Gasteiger partial charge in [-0.3, -0.25) is 10.1 Å². The number of methoxy groups -OCH3 is 1. The summed E-state index contributed by atoms with van der Waals surface area (Å²) in [4.78, 5) is 13.1. The van der Waals surface area contributed by atoms with E-state index in [1.165, 1.54) is 21.7 Å². The highest BCUT2D eigenvalue weighted by atomic mass is 32.2. The molecule has 10 heteroatoms. The summed E-state index contributed by atoms with van der Waals surface area (Å²) in [6, 6.07) is 12.1. The number of hydrogen-bond acceptors (Lipinski definition) is 7. The average molecular weight is 487 g/mol. The van der Waals surface area contributed by atoms with Crippen LogP contribution >= 0.6 is 11.3 Å². The fourth-order valence-corrected chi connectivity index (χ4v) is 5.91. The fraction of sp³-hybridized carbons (Fsp3) is 0.348. The number of aromatic nitrogens is 2. The van der Waals surface area contributed by atoms with Gasteiger partial charge in [-0.25, -0.2) is 8.42 Å². The zero-order chi connectivity index (χ0) is 23.6. The van der Waals surface area contributed by atoms with E-state index in [0.29, 0.717) is 40.3 Å². The van der Waals surface area contributed by atoms with Crippen LogP contribution in [0.2, 0.25) is 0 Å². The number of nitrogens with one attached hydrogen (secondary N) is 1. The summed E-state index contributed by atoms with van der Waals surface area (Å²) in [5.74, 6) is 0.834. The van der Waals surface area contributed by atoms with E-state index < -0.39 is 15.9 Å². The van der Waals surface area contributed by atoms with Gasteiger partial charge in [0.15, 0.2) is 0 Å². The first-order valence-corrected chi connectivity index (χ1v) is 12.9. The Kier molecular flexibility index (Phi) is 6.78. The van der Waals surface area contributed by atoms with E-state index in [4.69, 9.17) is 4.74 Å². The number of carbonyl (C=O) groups is 1. The van der Waals surface area contributed by atoms with E-state index in [2.05, 4.69) is 22.4 Å². The van der Waals surface area contributed by atoms with Crippen molar-refractivity contribution >= 4 is 32.4 Å². The van der Waals surface area contributed by atoms with Crippen molar-refractivity contribution in [2.75, 3.05) is 25.5 Å². The van der Waals surface area contributed by atoms with Crippen molar-refractivity contribution in [1.29, 1.82) is 0 Å². The molecule has 1 aliphatic heterocycles. The van der Waals surface area contributed by atoms with Crippen LogP contribution in [0.3, 0.4) is 0 Å². The van der Waals surface area contributed by atoms with Crippen molar-refractivity contribution in [1.82, 2.24) is 14.5 Å². The lowest BCUT2D eigenvalue weighted by Crippen LogP contribution is -2.38. The molecule has 1 amide bonds. The van der Waals surface area contributed by atoms with Gasteiger partial charge in [0.2, 0.25) is 15.2 Å². The minimum atomic E-state index is -3.65. The zero-order valence-electron chi connectivity index (χ0n) is 18.7. The first kappa shape index (κ1) is 23.3. The molecule has 0 atom stereocenters. The third-order valence-electron chi connectivity index (χ3n) is 5.82. The molecular formula is C23H26N4O4S2. The van der Waals surface area contributed by atoms with Gasteiger partial charge in [0.05, 0.1) is 12.0 Å². The molecular weight excluding hydrogens is 460 g/mol. The van der Waals surface area contributed by atoms with Crippen molar-refractivity contribution in [3.05, 3.63) is 53.6 Å². The molecule has 8 nitrogen and oxygen atoms in total. The van der Waals surface area contributed by atoms with Gasteiger partial charge in [-0.1, -0.05) is 24.3 Å². The number of amides is 1. The first-order chi connectivity index (χ1) is 15.8. The predicted octanol–water partition coefficient (Wildman–Crippen LogP) is 4.20. The molecule has 4 rings (SSSR count). The van der Waals surface area contributed by atoms with Crippen LogP contribution in [0.5, 0.6) is 5.75 Å².